The van der Waals surface area contributed by atoms with E-state index < -0.39 is 10.0 Å². The fraction of sp³-hybridized carbons (Fsp3) is 0.500. The Bertz CT molecular complexity index is 539. The second kappa shape index (κ2) is 5.77. The molecule has 0 aromatic heterocycles. The van der Waals surface area contributed by atoms with E-state index in [-0.39, 0.29) is 4.90 Å². The lowest BCUT2D eigenvalue weighted by molar-refractivity contribution is 0.0730. The summed E-state index contributed by atoms with van der Waals surface area (Å²) in [6.45, 7) is 3.92. The quantitative estimate of drug-likeness (QED) is 0.823. The maximum Gasteiger partial charge on any atom is 0.243 e. The summed E-state index contributed by atoms with van der Waals surface area (Å²) < 4.78 is 36.6. The number of hydrogen-bond donors (Lipinski definition) is 1. The van der Waals surface area contributed by atoms with Crippen LogP contribution < -0.4 is 10.5 Å². The second-order valence-corrected chi connectivity index (χ2v) is 6.09. The van der Waals surface area contributed by atoms with Gasteiger partial charge in [0.1, 0.15) is 5.75 Å². The zero-order chi connectivity index (χ0) is 13.9. The molecule has 0 radical (unpaired) electrons. The van der Waals surface area contributed by atoms with E-state index in [1.165, 1.54) is 16.4 Å². The lowest BCUT2D eigenvalue weighted by Gasteiger charge is -2.26. The summed E-state index contributed by atoms with van der Waals surface area (Å²) in [6.07, 6.45) is 0. The number of nitrogens with zero attached hydrogens (tertiary/aromatic N) is 1. The van der Waals surface area contributed by atoms with Crippen LogP contribution in [0.5, 0.6) is 5.75 Å². The van der Waals surface area contributed by atoms with Crippen molar-refractivity contribution in [2.45, 2.75) is 11.8 Å². The minimum atomic E-state index is -3.50. The molecule has 0 atom stereocenters. The first kappa shape index (κ1) is 14.1. The van der Waals surface area contributed by atoms with E-state index in [0.717, 1.165) is 0 Å². The molecule has 106 valence electrons. The van der Waals surface area contributed by atoms with E-state index in [2.05, 4.69) is 0 Å². The monoisotopic (exact) mass is 286 g/mol. The van der Waals surface area contributed by atoms with Crippen molar-refractivity contribution in [1.29, 1.82) is 0 Å². The third-order valence-electron chi connectivity index (χ3n) is 2.89. The fourth-order valence-corrected chi connectivity index (χ4v) is 3.35. The number of morpholine rings is 1. The smallest absolute Gasteiger partial charge is 0.243 e. The van der Waals surface area contributed by atoms with E-state index in [4.69, 9.17) is 15.2 Å². The summed E-state index contributed by atoms with van der Waals surface area (Å²) in [5, 5.41) is 0. The Balaban J connectivity index is 2.27. The van der Waals surface area contributed by atoms with Crippen LogP contribution in [0.25, 0.3) is 0 Å². The van der Waals surface area contributed by atoms with E-state index in [9.17, 15) is 8.42 Å². The van der Waals surface area contributed by atoms with Crippen molar-refractivity contribution in [2.24, 2.45) is 0 Å². The molecule has 0 saturated carbocycles. The molecule has 0 unspecified atom stereocenters. The molecule has 2 N–H and O–H groups in total. The van der Waals surface area contributed by atoms with Crippen molar-refractivity contribution < 1.29 is 17.9 Å². The molecule has 1 fully saturated rings. The van der Waals surface area contributed by atoms with Gasteiger partial charge in [0.05, 0.1) is 30.4 Å². The van der Waals surface area contributed by atoms with Gasteiger partial charge in [-0.05, 0) is 25.1 Å². The lowest BCUT2D eigenvalue weighted by Crippen LogP contribution is -2.40. The Kier molecular flexibility index (Phi) is 4.28. The third kappa shape index (κ3) is 2.99. The Morgan fingerprint density at radius 3 is 2.63 bits per heavy atom. The number of ether oxygens (including phenoxy) is 2. The SMILES string of the molecule is CCOc1ccc(S(=O)(=O)N2CCOCC2)cc1N. The second-order valence-electron chi connectivity index (χ2n) is 4.15. The van der Waals surface area contributed by atoms with E-state index in [0.29, 0.717) is 44.3 Å². The molecule has 2 rings (SSSR count). The molecule has 1 saturated heterocycles. The first-order chi connectivity index (χ1) is 9.05. The standard InChI is InChI=1S/C12H18N2O4S/c1-2-18-12-4-3-10(9-11(12)13)19(15,16)14-5-7-17-8-6-14/h3-4,9H,2,5-8,13H2,1H3. The Labute approximate surface area is 113 Å². The van der Waals surface area contributed by atoms with Crippen LogP contribution in [0.2, 0.25) is 0 Å². The van der Waals surface area contributed by atoms with Crippen LogP contribution in [-0.4, -0.2) is 45.6 Å². The maximum absolute atomic E-state index is 12.4. The molecule has 0 bridgehead atoms. The first-order valence-electron chi connectivity index (χ1n) is 6.16. The molecule has 0 amide bonds. The number of anilines is 1. The molecule has 1 aromatic rings. The summed E-state index contributed by atoms with van der Waals surface area (Å²) in [6, 6.07) is 4.55. The van der Waals surface area contributed by atoms with Crippen LogP contribution in [0.15, 0.2) is 23.1 Å². The molecular weight excluding hydrogens is 268 g/mol. The van der Waals surface area contributed by atoms with Crippen molar-refractivity contribution in [2.75, 3.05) is 38.6 Å². The van der Waals surface area contributed by atoms with Gasteiger partial charge in [-0.15, -0.1) is 0 Å². The van der Waals surface area contributed by atoms with Crippen LogP contribution in [-0.2, 0) is 14.8 Å². The number of nitrogens with two attached hydrogens (primary N) is 1. The summed E-state index contributed by atoms with van der Waals surface area (Å²) in [4.78, 5) is 0.190. The zero-order valence-corrected chi connectivity index (χ0v) is 11.6. The summed E-state index contributed by atoms with van der Waals surface area (Å²) >= 11 is 0. The van der Waals surface area contributed by atoms with Crippen LogP contribution in [0.4, 0.5) is 5.69 Å². The highest BCUT2D eigenvalue weighted by molar-refractivity contribution is 7.89. The summed E-state index contributed by atoms with van der Waals surface area (Å²) in [5.74, 6) is 0.503. The predicted molar refractivity (Wildman–Crippen MR) is 71.6 cm³/mol. The Hall–Kier alpha value is -1.31. The lowest BCUT2D eigenvalue weighted by atomic mass is 10.3. The Morgan fingerprint density at radius 1 is 1.37 bits per heavy atom. The van der Waals surface area contributed by atoms with Gasteiger partial charge in [0, 0.05) is 13.1 Å². The highest BCUT2D eigenvalue weighted by atomic mass is 32.2. The summed E-state index contributed by atoms with van der Waals surface area (Å²) in [7, 11) is -3.50. The van der Waals surface area contributed by atoms with Gasteiger partial charge in [-0.25, -0.2) is 8.42 Å². The molecule has 1 aliphatic rings. The van der Waals surface area contributed by atoms with Gasteiger partial charge >= 0.3 is 0 Å². The topological polar surface area (TPSA) is 81.9 Å². The maximum atomic E-state index is 12.4. The molecular formula is C12H18N2O4S. The largest absolute Gasteiger partial charge is 0.492 e. The van der Waals surface area contributed by atoms with Crippen molar-refractivity contribution in [3.8, 4) is 5.75 Å². The molecule has 1 aliphatic heterocycles. The van der Waals surface area contributed by atoms with Crippen LogP contribution in [0.3, 0.4) is 0 Å². The summed E-state index contributed by atoms with van der Waals surface area (Å²) in [5.41, 5.74) is 6.13. The van der Waals surface area contributed by atoms with Crippen molar-refractivity contribution in [1.82, 2.24) is 4.31 Å². The average molecular weight is 286 g/mol. The van der Waals surface area contributed by atoms with Crippen LogP contribution in [0, 0.1) is 0 Å². The molecule has 19 heavy (non-hydrogen) atoms. The van der Waals surface area contributed by atoms with E-state index >= 15 is 0 Å². The minimum Gasteiger partial charge on any atom is -0.492 e. The van der Waals surface area contributed by atoms with Gasteiger partial charge in [0.2, 0.25) is 10.0 Å². The molecule has 7 heteroatoms. The van der Waals surface area contributed by atoms with E-state index in [1.54, 1.807) is 6.07 Å². The van der Waals surface area contributed by atoms with Gasteiger partial charge in [-0.2, -0.15) is 4.31 Å². The fourth-order valence-electron chi connectivity index (χ4n) is 1.91. The number of sulfonamides is 1. The number of benzene rings is 1. The third-order valence-corrected chi connectivity index (χ3v) is 4.78. The molecule has 1 aromatic carbocycles. The van der Waals surface area contributed by atoms with Gasteiger partial charge in [0.15, 0.2) is 0 Å². The first-order valence-corrected chi connectivity index (χ1v) is 7.60. The van der Waals surface area contributed by atoms with Crippen molar-refractivity contribution >= 4 is 15.7 Å². The molecule has 0 spiro atoms. The molecule has 6 nitrogen and oxygen atoms in total. The van der Waals surface area contributed by atoms with Gasteiger partial charge in [-0.1, -0.05) is 0 Å². The zero-order valence-electron chi connectivity index (χ0n) is 10.8. The van der Waals surface area contributed by atoms with Gasteiger partial charge in [0.25, 0.3) is 0 Å². The van der Waals surface area contributed by atoms with Crippen molar-refractivity contribution in [3.63, 3.8) is 0 Å². The Morgan fingerprint density at radius 2 is 2.05 bits per heavy atom. The van der Waals surface area contributed by atoms with Gasteiger partial charge in [-0.3, -0.25) is 0 Å². The highest BCUT2D eigenvalue weighted by Gasteiger charge is 2.26. The molecule has 0 aliphatic carbocycles. The number of hydrogen-bond acceptors (Lipinski definition) is 5. The number of rotatable bonds is 4. The average Bonchev–Trinajstić information content (AvgIpc) is 2.42. The predicted octanol–water partition coefficient (Wildman–Crippen LogP) is 0.688. The molecule has 1 heterocycles. The van der Waals surface area contributed by atoms with Crippen molar-refractivity contribution in [3.05, 3.63) is 18.2 Å². The number of nitrogen functional groups attached to an aromatic ring is 1. The van der Waals surface area contributed by atoms with Crippen LogP contribution >= 0.6 is 0 Å². The highest BCUT2D eigenvalue weighted by Crippen LogP contribution is 2.26. The normalized spacial score (nSPS) is 17.3. The van der Waals surface area contributed by atoms with E-state index in [1.807, 2.05) is 6.92 Å². The minimum absolute atomic E-state index is 0.190. The van der Waals surface area contributed by atoms with Crippen LogP contribution in [0.1, 0.15) is 6.92 Å². The van der Waals surface area contributed by atoms with Gasteiger partial charge < -0.3 is 15.2 Å².